The van der Waals surface area contributed by atoms with Gasteiger partial charge in [-0.15, -0.1) is 0 Å². The Morgan fingerprint density at radius 3 is 2.67 bits per heavy atom. The Balaban J connectivity index is 2.23. The van der Waals surface area contributed by atoms with E-state index in [0.29, 0.717) is 12.8 Å². The molecule has 1 aliphatic heterocycles. The highest BCUT2D eigenvalue weighted by Crippen LogP contribution is 2.40. The molecular weight excluding hydrogens is 230 g/mol. The number of rotatable bonds is 3. The fourth-order valence-electron chi connectivity index (χ4n) is 2.70. The number of carbonyl (C=O) groups excluding carboxylic acids is 1. The fraction of sp³-hybridized carbons (Fsp3) is 0.643. The Bertz CT molecular complexity index is 473. The maximum atomic E-state index is 12.1. The molecule has 1 unspecified atom stereocenters. The smallest absolute Gasteiger partial charge is 0.303 e. The molecule has 1 fully saturated rings. The number of Topliss-reactive ketones (excluding diaryl/α,β-unsaturated/α-hetero) is 1. The second-order valence-electron chi connectivity index (χ2n) is 6.31. The van der Waals surface area contributed by atoms with Gasteiger partial charge in [-0.1, -0.05) is 13.8 Å². The van der Waals surface area contributed by atoms with Crippen molar-refractivity contribution < 1.29 is 14.7 Å². The predicted octanol–water partition coefficient (Wildman–Crippen LogP) is 2.38. The van der Waals surface area contributed by atoms with Crippen LogP contribution in [-0.2, 0) is 9.59 Å². The van der Waals surface area contributed by atoms with Crippen molar-refractivity contribution in [3.8, 4) is 0 Å². The average molecular weight is 249 g/mol. The van der Waals surface area contributed by atoms with Crippen molar-refractivity contribution in [3.05, 3.63) is 11.6 Å². The summed E-state index contributed by atoms with van der Waals surface area (Å²) in [6, 6.07) is 0. The molecule has 1 heterocycles. The SMILES string of the molecule is CC1(C)CC(=O)C2=CC(C)(CCC(=O)O)N=C2C1. The van der Waals surface area contributed by atoms with E-state index in [1.54, 1.807) is 0 Å². The Kier molecular flexibility index (Phi) is 2.92. The van der Waals surface area contributed by atoms with Crippen LogP contribution in [-0.4, -0.2) is 28.1 Å². The van der Waals surface area contributed by atoms with Crippen LogP contribution in [0.3, 0.4) is 0 Å². The van der Waals surface area contributed by atoms with Gasteiger partial charge in [0.15, 0.2) is 5.78 Å². The molecule has 1 N–H and O–H groups in total. The number of aliphatic carboxylic acids is 1. The summed E-state index contributed by atoms with van der Waals surface area (Å²) < 4.78 is 0. The van der Waals surface area contributed by atoms with Gasteiger partial charge in [-0.3, -0.25) is 14.6 Å². The molecule has 4 heteroatoms. The number of allylic oxidation sites excluding steroid dienone is 1. The van der Waals surface area contributed by atoms with Crippen LogP contribution < -0.4 is 0 Å². The minimum absolute atomic E-state index is 0.0364. The highest BCUT2D eigenvalue weighted by atomic mass is 16.4. The third-order valence-corrected chi connectivity index (χ3v) is 3.59. The Hall–Kier alpha value is -1.45. The first-order valence-electron chi connectivity index (χ1n) is 6.28. The molecule has 0 radical (unpaired) electrons. The van der Waals surface area contributed by atoms with Crippen LogP contribution in [0.5, 0.6) is 0 Å². The Morgan fingerprint density at radius 1 is 1.39 bits per heavy atom. The van der Waals surface area contributed by atoms with Crippen molar-refractivity contribution in [2.45, 2.75) is 52.0 Å². The zero-order valence-corrected chi connectivity index (χ0v) is 11.1. The highest BCUT2D eigenvalue weighted by Gasteiger charge is 2.40. The molecule has 0 bridgehead atoms. The van der Waals surface area contributed by atoms with Crippen molar-refractivity contribution >= 4 is 17.5 Å². The van der Waals surface area contributed by atoms with Gasteiger partial charge in [-0.05, 0) is 31.3 Å². The average Bonchev–Trinajstić information content (AvgIpc) is 2.51. The molecule has 2 aliphatic rings. The maximum Gasteiger partial charge on any atom is 0.303 e. The largest absolute Gasteiger partial charge is 0.481 e. The summed E-state index contributed by atoms with van der Waals surface area (Å²) in [5, 5.41) is 8.75. The topological polar surface area (TPSA) is 66.7 Å². The quantitative estimate of drug-likeness (QED) is 0.835. The van der Waals surface area contributed by atoms with Gasteiger partial charge in [0.2, 0.25) is 0 Å². The van der Waals surface area contributed by atoms with Gasteiger partial charge in [0.05, 0.1) is 5.54 Å². The van der Waals surface area contributed by atoms with E-state index >= 15 is 0 Å². The van der Waals surface area contributed by atoms with E-state index in [2.05, 4.69) is 18.8 Å². The zero-order chi connectivity index (χ0) is 13.6. The van der Waals surface area contributed by atoms with E-state index < -0.39 is 11.5 Å². The number of nitrogens with zero attached hydrogens (tertiary/aromatic N) is 1. The summed E-state index contributed by atoms with van der Waals surface area (Å²) in [6.07, 6.45) is 3.74. The number of carboxylic acids is 1. The van der Waals surface area contributed by atoms with Gasteiger partial charge >= 0.3 is 5.97 Å². The number of hydrogen-bond donors (Lipinski definition) is 1. The number of aliphatic imine (C=N–C) groups is 1. The standard InChI is InChI=1S/C14H19NO3/c1-13(2)7-10-9(11(16)8-13)6-14(3,15-10)5-4-12(17)18/h6H,4-5,7-8H2,1-3H3,(H,17,18). The molecule has 0 saturated heterocycles. The van der Waals surface area contributed by atoms with Crippen LogP contribution in [0.1, 0.15) is 46.5 Å². The Labute approximate surface area is 107 Å². The first-order valence-corrected chi connectivity index (χ1v) is 6.28. The van der Waals surface area contributed by atoms with Crippen molar-refractivity contribution in [3.63, 3.8) is 0 Å². The first-order chi connectivity index (χ1) is 8.21. The first kappa shape index (κ1) is 13.0. The maximum absolute atomic E-state index is 12.1. The summed E-state index contributed by atoms with van der Waals surface area (Å²) in [4.78, 5) is 27.3. The predicted molar refractivity (Wildman–Crippen MR) is 68.8 cm³/mol. The second-order valence-corrected chi connectivity index (χ2v) is 6.31. The zero-order valence-electron chi connectivity index (χ0n) is 11.1. The normalized spacial score (nSPS) is 29.6. The van der Waals surface area contributed by atoms with Crippen LogP contribution in [0.4, 0.5) is 0 Å². The molecule has 0 aromatic heterocycles. The van der Waals surface area contributed by atoms with E-state index in [1.165, 1.54) is 0 Å². The van der Waals surface area contributed by atoms with Gasteiger partial charge in [-0.25, -0.2) is 0 Å². The molecule has 1 aliphatic carbocycles. The molecule has 0 amide bonds. The number of carboxylic acid groups (broad SMARTS) is 1. The minimum atomic E-state index is -0.823. The van der Waals surface area contributed by atoms with Crippen molar-refractivity contribution in [1.82, 2.24) is 0 Å². The van der Waals surface area contributed by atoms with Crippen molar-refractivity contribution in [1.29, 1.82) is 0 Å². The fourth-order valence-corrected chi connectivity index (χ4v) is 2.70. The number of ketones is 1. The number of fused-ring (bicyclic) bond motifs is 1. The summed E-state index contributed by atoms with van der Waals surface area (Å²) in [5.74, 6) is -0.680. The lowest BCUT2D eigenvalue weighted by Crippen LogP contribution is -2.30. The lowest BCUT2D eigenvalue weighted by molar-refractivity contribution is -0.137. The molecule has 98 valence electrons. The summed E-state index contributed by atoms with van der Waals surface area (Å²) >= 11 is 0. The van der Waals surface area contributed by atoms with E-state index in [4.69, 9.17) is 5.11 Å². The molecule has 0 spiro atoms. The molecule has 0 aromatic rings. The number of hydrogen-bond acceptors (Lipinski definition) is 3. The minimum Gasteiger partial charge on any atom is -0.481 e. The second kappa shape index (κ2) is 4.04. The van der Waals surface area contributed by atoms with Crippen LogP contribution in [0, 0.1) is 5.41 Å². The third-order valence-electron chi connectivity index (χ3n) is 3.59. The van der Waals surface area contributed by atoms with E-state index in [0.717, 1.165) is 17.7 Å². The Morgan fingerprint density at radius 2 is 2.06 bits per heavy atom. The summed E-state index contributed by atoms with van der Waals surface area (Å²) in [6.45, 7) is 6.03. The molecule has 1 atom stereocenters. The third kappa shape index (κ3) is 2.52. The van der Waals surface area contributed by atoms with Crippen LogP contribution in [0.25, 0.3) is 0 Å². The van der Waals surface area contributed by atoms with E-state index in [9.17, 15) is 9.59 Å². The molecule has 18 heavy (non-hydrogen) atoms. The van der Waals surface area contributed by atoms with Gasteiger partial charge < -0.3 is 5.11 Å². The van der Waals surface area contributed by atoms with Crippen molar-refractivity contribution in [2.75, 3.05) is 0 Å². The molecule has 2 rings (SSSR count). The monoisotopic (exact) mass is 249 g/mol. The lowest BCUT2D eigenvalue weighted by Gasteiger charge is -2.29. The van der Waals surface area contributed by atoms with Crippen molar-refractivity contribution in [2.24, 2.45) is 10.4 Å². The highest BCUT2D eigenvalue weighted by molar-refractivity contribution is 6.25. The van der Waals surface area contributed by atoms with Gasteiger partial charge in [0.1, 0.15) is 0 Å². The van der Waals surface area contributed by atoms with Gasteiger partial charge in [0.25, 0.3) is 0 Å². The van der Waals surface area contributed by atoms with Crippen LogP contribution in [0.15, 0.2) is 16.6 Å². The lowest BCUT2D eigenvalue weighted by atomic mass is 9.74. The summed E-state index contributed by atoms with van der Waals surface area (Å²) in [7, 11) is 0. The molecule has 0 aromatic carbocycles. The van der Waals surface area contributed by atoms with E-state index in [-0.39, 0.29) is 17.6 Å². The molecule has 4 nitrogen and oxygen atoms in total. The van der Waals surface area contributed by atoms with Gasteiger partial charge in [-0.2, -0.15) is 0 Å². The molecule has 1 saturated carbocycles. The van der Waals surface area contributed by atoms with E-state index in [1.807, 2.05) is 13.0 Å². The van der Waals surface area contributed by atoms with Crippen LogP contribution in [0.2, 0.25) is 0 Å². The van der Waals surface area contributed by atoms with Gasteiger partial charge in [0, 0.05) is 24.1 Å². The molecular formula is C14H19NO3. The number of carbonyl (C=O) groups is 2. The van der Waals surface area contributed by atoms with Crippen LogP contribution >= 0.6 is 0 Å². The summed E-state index contributed by atoms with van der Waals surface area (Å²) in [5.41, 5.74) is 1.04.